The van der Waals surface area contributed by atoms with Crippen molar-refractivity contribution in [3.8, 4) is 0 Å². The van der Waals surface area contributed by atoms with Gasteiger partial charge in [-0.25, -0.2) is 13.1 Å². The van der Waals surface area contributed by atoms with Crippen LogP contribution in [0.15, 0.2) is 24.3 Å². The lowest BCUT2D eigenvalue weighted by atomic mass is 10.0. The third kappa shape index (κ3) is 6.22. The number of hydrogen-bond acceptors (Lipinski definition) is 4. The van der Waals surface area contributed by atoms with Gasteiger partial charge in [0.1, 0.15) is 0 Å². The van der Waals surface area contributed by atoms with Crippen LogP contribution in [0.1, 0.15) is 30.9 Å². The first kappa shape index (κ1) is 18.4. The Morgan fingerprint density at radius 1 is 1.35 bits per heavy atom. The summed E-state index contributed by atoms with van der Waals surface area (Å²) in [5.74, 6) is 0.0208. The van der Waals surface area contributed by atoms with Crippen LogP contribution in [0.5, 0.6) is 0 Å². The van der Waals surface area contributed by atoms with E-state index in [-0.39, 0.29) is 17.9 Å². The Hall–Kier alpha value is -0.950. The second kappa shape index (κ2) is 8.24. The Morgan fingerprint density at radius 2 is 2.04 bits per heavy atom. The van der Waals surface area contributed by atoms with Gasteiger partial charge in [-0.05, 0) is 32.3 Å². The number of likely N-dealkylation sites (tertiary alicyclic amines) is 1. The predicted molar refractivity (Wildman–Crippen MR) is 92.9 cm³/mol. The van der Waals surface area contributed by atoms with Gasteiger partial charge >= 0.3 is 0 Å². The fourth-order valence-corrected chi connectivity index (χ4v) is 4.55. The van der Waals surface area contributed by atoms with Crippen molar-refractivity contribution in [3.05, 3.63) is 35.4 Å². The maximum absolute atomic E-state index is 12.1. The number of nitrogens with one attached hydrogen (secondary N) is 1. The summed E-state index contributed by atoms with van der Waals surface area (Å²) in [5.41, 5.74) is 2.59. The summed E-state index contributed by atoms with van der Waals surface area (Å²) >= 11 is 0. The lowest BCUT2D eigenvalue weighted by molar-refractivity contribution is 0.135. The van der Waals surface area contributed by atoms with Crippen LogP contribution < -0.4 is 4.72 Å². The van der Waals surface area contributed by atoms with Crippen LogP contribution in [0, 0.1) is 6.92 Å². The number of rotatable bonds is 7. The van der Waals surface area contributed by atoms with Crippen molar-refractivity contribution in [3.63, 3.8) is 0 Å². The van der Waals surface area contributed by atoms with Crippen LogP contribution in [0.3, 0.4) is 0 Å². The van der Waals surface area contributed by atoms with Crippen LogP contribution in [0.25, 0.3) is 0 Å². The predicted octanol–water partition coefficient (Wildman–Crippen LogP) is 1.91. The summed E-state index contributed by atoms with van der Waals surface area (Å²) in [7, 11) is -1.74. The summed E-state index contributed by atoms with van der Waals surface area (Å²) in [6, 6.07) is 8.58. The van der Waals surface area contributed by atoms with Gasteiger partial charge in [0.2, 0.25) is 10.0 Å². The number of methoxy groups -OCH3 is 1. The molecule has 130 valence electrons. The molecule has 0 aromatic heterocycles. The highest BCUT2D eigenvalue weighted by atomic mass is 32.2. The second-order valence-corrected chi connectivity index (χ2v) is 8.28. The molecule has 0 unspecified atom stereocenters. The molecule has 1 aromatic rings. The Labute approximate surface area is 140 Å². The molecule has 23 heavy (non-hydrogen) atoms. The highest BCUT2D eigenvalue weighted by Gasteiger charge is 2.24. The summed E-state index contributed by atoms with van der Waals surface area (Å²) < 4.78 is 32.0. The smallest absolute Gasteiger partial charge is 0.214 e. The molecule has 1 aliphatic heterocycles. The molecule has 1 aliphatic rings. The molecule has 6 heteroatoms. The molecule has 0 radical (unpaired) electrons. The lowest BCUT2D eigenvalue weighted by Crippen LogP contribution is -2.45. The molecule has 0 aliphatic carbocycles. The molecular weight excluding hydrogens is 312 g/mol. The lowest BCUT2D eigenvalue weighted by Gasteiger charge is -2.32. The topological polar surface area (TPSA) is 58.6 Å². The Morgan fingerprint density at radius 3 is 2.65 bits per heavy atom. The molecule has 2 rings (SSSR count). The van der Waals surface area contributed by atoms with Crippen molar-refractivity contribution >= 4 is 10.0 Å². The van der Waals surface area contributed by atoms with Gasteiger partial charge in [-0.1, -0.05) is 29.8 Å². The molecule has 1 heterocycles. The number of benzene rings is 1. The Balaban J connectivity index is 1.80. The van der Waals surface area contributed by atoms with Gasteiger partial charge < -0.3 is 4.74 Å². The minimum Gasteiger partial charge on any atom is -0.381 e. The normalized spacial score (nSPS) is 18.9. The van der Waals surface area contributed by atoms with Gasteiger partial charge in [-0.3, -0.25) is 4.90 Å². The quantitative estimate of drug-likeness (QED) is 0.824. The Kier molecular flexibility index (Phi) is 6.59. The van der Waals surface area contributed by atoms with Gasteiger partial charge in [0, 0.05) is 32.8 Å². The van der Waals surface area contributed by atoms with E-state index in [1.165, 1.54) is 18.2 Å². The summed E-state index contributed by atoms with van der Waals surface area (Å²) in [6.45, 7) is 6.64. The maximum atomic E-state index is 12.1. The number of piperidine rings is 1. The van der Waals surface area contributed by atoms with Crippen molar-refractivity contribution in [1.82, 2.24) is 9.62 Å². The van der Waals surface area contributed by atoms with Crippen molar-refractivity contribution in [1.29, 1.82) is 0 Å². The second-order valence-electron chi connectivity index (χ2n) is 6.49. The summed E-state index contributed by atoms with van der Waals surface area (Å²) in [5, 5.41) is 0. The highest BCUT2D eigenvalue weighted by molar-refractivity contribution is 7.89. The molecule has 1 atom stereocenters. The Bertz CT molecular complexity index is 596. The highest BCUT2D eigenvalue weighted by Crippen LogP contribution is 2.15. The first-order chi connectivity index (χ1) is 10.9. The largest absolute Gasteiger partial charge is 0.381 e. The van der Waals surface area contributed by atoms with Gasteiger partial charge in [0.15, 0.2) is 0 Å². The molecule has 1 aromatic carbocycles. The van der Waals surface area contributed by atoms with Gasteiger partial charge in [0.05, 0.1) is 11.9 Å². The minimum atomic E-state index is -3.27. The number of ether oxygens (including phenoxy) is 1. The third-order valence-electron chi connectivity index (χ3n) is 4.28. The molecule has 0 bridgehead atoms. The number of aryl methyl sites for hydroxylation is 1. The van der Waals surface area contributed by atoms with Crippen molar-refractivity contribution in [2.45, 2.75) is 45.4 Å². The zero-order chi connectivity index (χ0) is 16.9. The van der Waals surface area contributed by atoms with E-state index in [0.29, 0.717) is 0 Å². The maximum Gasteiger partial charge on any atom is 0.214 e. The van der Waals surface area contributed by atoms with E-state index in [9.17, 15) is 8.42 Å². The number of hydrogen-bond donors (Lipinski definition) is 1. The minimum absolute atomic E-state index is 0.0208. The molecule has 1 fully saturated rings. The monoisotopic (exact) mass is 340 g/mol. The molecule has 1 N–H and O–H groups in total. The standard InChI is InChI=1S/C17H28N2O3S/c1-14-5-4-6-16(11-14)12-19-9-7-17(8-10-19)18-23(20,21)13-15(2)22-3/h4-6,11,15,17-18H,7-10,12-13H2,1-3H3/t15-/m0/s1. The zero-order valence-electron chi connectivity index (χ0n) is 14.3. The molecule has 0 spiro atoms. The van der Waals surface area contributed by atoms with Crippen LogP contribution in [0.2, 0.25) is 0 Å². The van der Waals surface area contributed by atoms with Crippen molar-refractivity contribution in [2.24, 2.45) is 0 Å². The average Bonchev–Trinajstić information content (AvgIpc) is 2.48. The first-order valence-corrected chi connectivity index (χ1v) is 9.84. The number of sulfonamides is 1. The van der Waals surface area contributed by atoms with Gasteiger partial charge in [-0.15, -0.1) is 0 Å². The van der Waals surface area contributed by atoms with Crippen LogP contribution in [-0.2, 0) is 21.3 Å². The number of nitrogens with zero attached hydrogens (tertiary/aromatic N) is 1. The van der Waals surface area contributed by atoms with E-state index in [1.807, 2.05) is 0 Å². The molecular formula is C17H28N2O3S. The van der Waals surface area contributed by atoms with Crippen molar-refractivity contribution < 1.29 is 13.2 Å². The molecule has 5 nitrogen and oxygen atoms in total. The van der Waals surface area contributed by atoms with Crippen molar-refractivity contribution in [2.75, 3.05) is 26.0 Å². The fourth-order valence-electron chi connectivity index (χ4n) is 2.96. The average molecular weight is 340 g/mol. The van der Waals surface area contributed by atoms with Gasteiger partial charge in [0.25, 0.3) is 0 Å². The van der Waals surface area contributed by atoms with E-state index in [1.54, 1.807) is 6.92 Å². The summed E-state index contributed by atoms with van der Waals surface area (Å²) in [6.07, 6.45) is 1.42. The van der Waals surface area contributed by atoms with Gasteiger partial charge in [-0.2, -0.15) is 0 Å². The van der Waals surface area contributed by atoms with E-state index in [4.69, 9.17) is 4.74 Å². The van der Waals surface area contributed by atoms with Crippen LogP contribution in [-0.4, -0.2) is 51.4 Å². The fraction of sp³-hybridized carbons (Fsp3) is 0.647. The molecule has 0 amide bonds. The van der Waals surface area contributed by atoms with Crippen LogP contribution in [0.4, 0.5) is 0 Å². The molecule has 0 saturated carbocycles. The third-order valence-corrected chi connectivity index (χ3v) is 5.88. The first-order valence-electron chi connectivity index (χ1n) is 8.18. The van der Waals surface area contributed by atoms with E-state index >= 15 is 0 Å². The zero-order valence-corrected chi connectivity index (χ0v) is 15.1. The SMILES string of the molecule is CO[C@@H](C)CS(=O)(=O)NC1CCN(Cc2cccc(C)c2)CC1. The van der Waals surface area contributed by atoms with E-state index in [2.05, 4.69) is 40.8 Å². The van der Waals surface area contributed by atoms with E-state index in [0.717, 1.165) is 32.5 Å². The van der Waals surface area contributed by atoms with Crippen LogP contribution >= 0.6 is 0 Å². The van der Waals surface area contributed by atoms with E-state index < -0.39 is 10.0 Å². The molecule has 1 saturated heterocycles. The summed E-state index contributed by atoms with van der Waals surface area (Å²) in [4.78, 5) is 2.39.